The lowest BCUT2D eigenvalue weighted by molar-refractivity contribution is 0.0784. The highest BCUT2D eigenvalue weighted by Gasteiger charge is 2.22. The van der Waals surface area contributed by atoms with E-state index in [0.29, 0.717) is 12.1 Å². The Labute approximate surface area is 183 Å². The van der Waals surface area contributed by atoms with E-state index in [0.717, 1.165) is 38.5 Å². The molecule has 0 aliphatic rings. The number of fused-ring (bicyclic) bond motifs is 2. The largest absolute Gasteiger partial charge is 0.340 e. The maximum atomic E-state index is 13.5. The van der Waals surface area contributed by atoms with E-state index in [1.54, 1.807) is 29.5 Å². The van der Waals surface area contributed by atoms with E-state index in [9.17, 15) is 4.79 Å². The zero-order chi connectivity index (χ0) is 21.5. The molecule has 4 heterocycles. The summed E-state index contributed by atoms with van der Waals surface area (Å²) < 4.78 is 1.86. The van der Waals surface area contributed by atoms with Gasteiger partial charge in [-0.15, -0.1) is 11.3 Å². The molecule has 0 saturated heterocycles. The van der Waals surface area contributed by atoms with Crippen molar-refractivity contribution in [1.82, 2.24) is 29.6 Å². The van der Waals surface area contributed by atoms with Gasteiger partial charge in [0.25, 0.3) is 5.91 Å². The van der Waals surface area contributed by atoms with Gasteiger partial charge in [0, 0.05) is 13.1 Å². The van der Waals surface area contributed by atoms with E-state index in [-0.39, 0.29) is 11.9 Å². The number of aromatic nitrogens is 5. The van der Waals surface area contributed by atoms with Crippen molar-refractivity contribution in [1.29, 1.82) is 0 Å². The summed E-state index contributed by atoms with van der Waals surface area (Å²) in [5.41, 5.74) is 3.95. The number of benzene rings is 1. The molecule has 0 bridgehead atoms. The Hall–Kier alpha value is -3.52. The van der Waals surface area contributed by atoms with Gasteiger partial charge in [0.15, 0.2) is 5.65 Å². The Morgan fingerprint density at radius 2 is 2.03 bits per heavy atom. The van der Waals surface area contributed by atoms with Gasteiger partial charge in [-0.25, -0.2) is 14.6 Å². The molecule has 0 fully saturated rings. The molecular weight excluding hydrogens is 408 g/mol. The van der Waals surface area contributed by atoms with Crippen molar-refractivity contribution in [3.63, 3.8) is 0 Å². The number of thiophene rings is 1. The highest BCUT2D eigenvalue weighted by atomic mass is 32.1. The average molecular weight is 431 g/mol. The van der Waals surface area contributed by atoms with Gasteiger partial charge >= 0.3 is 0 Å². The molecule has 0 spiro atoms. The van der Waals surface area contributed by atoms with Crippen LogP contribution in [0.15, 0.2) is 54.0 Å². The molecule has 0 saturated carbocycles. The molecule has 0 aliphatic carbocycles. The van der Waals surface area contributed by atoms with Crippen molar-refractivity contribution in [3.8, 4) is 10.6 Å². The predicted octanol–water partition coefficient (Wildman–Crippen LogP) is 4.89. The van der Waals surface area contributed by atoms with Crippen molar-refractivity contribution >= 4 is 39.3 Å². The number of nitrogens with one attached hydrogen (secondary N) is 1. The smallest absolute Gasteiger partial charge is 0.254 e. The SMILES string of the molecule is CC(C)n1ncc2c(C(=O)N(C)Cc3nc4ccccc4[nH]3)cc(-c3cccs3)nc21. The van der Waals surface area contributed by atoms with Crippen molar-refractivity contribution in [2.24, 2.45) is 0 Å². The zero-order valence-corrected chi connectivity index (χ0v) is 18.3. The van der Waals surface area contributed by atoms with E-state index < -0.39 is 0 Å². The fraction of sp³-hybridized carbons (Fsp3) is 0.217. The maximum absolute atomic E-state index is 13.5. The lowest BCUT2D eigenvalue weighted by atomic mass is 10.1. The summed E-state index contributed by atoms with van der Waals surface area (Å²) in [5.74, 6) is 0.660. The van der Waals surface area contributed by atoms with E-state index in [4.69, 9.17) is 4.98 Å². The van der Waals surface area contributed by atoms with Crippen molar-refractivity contribution in [3.05, 3.63) is 65.4 Å². The number of hydrogen-bond acceptors (Lipinski definition) is 5. The van der Waals surface area contributed by atoms with Crippen LogP contribution in [-0.4, -0.2) is 42.6 Å². The van der Waals surface area contributed by atoms with Crippen LogP contribution < -0.4 is 0 Å². The second kappa shape index (κ2) is 7.63. The van der Waals surface area contributed by atoms with Gasteiger partial charge in [-0.05, 0) is 43.5 Å². The standard InChI is InChI=1S/C23H22N6OS/c1-14(2)29-22-16(12-24-29)15(11-19(27-22)20-9-6-10-31-20)23(30)28(3)13-21-25-17-7-4-5-8-18(17)26-21/h4-12,14H,13H2,1-3H3,(H,25,26). The summed E-state index contributed by atoms with van der Waals surface area (Å²) in [6.45, 7) is 4.49. The van der Waals surface area contributed by atoms with Gasteiger partial charge < -0.3 is 9.88 Å². The minimum atomic E-state index is -0.0889. The number of amides is 1. The van der Waals surface area contributed by atoms with Crippen LogP contribution >= 0.6 is 11.3 Å². The topological polar surface area (TPSA) is 79.7 Å². The maximum Gasteiger partial charge on any atom is 0.254 e. The molecule has 5 aromatic rings. The van der Waals surface area contributed by atoms with E-state index in [1.807, 2.05) is 52.5 Å². The fourth-order valence-electron chi connectivity index (χ4n) is 3.71. The van der Waals surface area contributed by atoms with Gasteiger partial charge in [0.2, 0.25) is 0 Å². The second-order valence-electron chi connectivity index (χ2n) is 7.81. The Kier molecular flexibility index (Phi) is 4.78. The molecule has 0 atom stereocenters. The molecule has 1 N–H and O–H groups in total. The quantitative estimate of drug-likeness (QED) is 0.431. The minimum Gasteiger partial charge on any atom is -0.340 e. The first-order valence-corrected chi connectivity index (χ1v) is 11.0. The molecule has 0 aliphatic heterocycles. The molecule has 1 aromatic carbocycles. The summed E-state index contributed by atoms with van der Waals surface area (Å²) in [6, 6.07) is 13.9. The third kappa shape index (κ3) is 3.48. The van der Waals surface area contributed by atoms with Crippen LogP contribution in [-0.2, 0) is 6.54 Å². The number of carbonyl (C=O) groups is 1. The zero-order valence-electron chi connectivity index (χ0n) is 17.5. The summed E-state index contributed by atoms with van der Waals surface area (Å²) in [6.07, 6.45) is 1.74. The highest BCUT2D eigenvalue weighted by molar-refractivity contribution is 7.13. The van der Waals surface area contributed by atoms with Crippen molar-refractivity contribution in [2.75, 3.05) is 7.05 Å². The number of pyridine rings is 1. The molecule has 156 valence electrons. The normalized spacial score (nSPS) is 11.6. The van der Waals surface area contributed by atoms with Crippen molar-refractivity contribution in [2.45, 2.75) is 26.4 Å². The lowest BCUT2D eigenvalue weighted by Gasteiger charge is -2.17. The van der Waals surface area contributed by atoms with E-state index in [2.05, 4.69) is 28.9 Å². The first-order valence-electron chi connectivity index (χ1n) is 10.1. The number of nitrogens with zero attached hydrogens (tertiary/aromatic N) is 5. The molecule has 0 unspecified atom stereocenters. The lowest BCUT2D eigenvalue weighted by Crippen LogP contribution is -2.27. The van der Waals surface area contributed by atoms with Crippen LogP contribution in [0.3, 0.4) is 0 Å². The molecule has 5 rings (SSSR count). The van der Waals surface area contributed by atoms with Gasteiger partial charge in [-0.2, -0.15) is 5.10 Å². The Balaban J connectivity index is 1.55. The van der Waals surface area contributed by atoms with Crippen LogP contribution in [0.2, 0.25) is 0 Å². The van der Waals surface area contributed by atoms with Gasteiger partial charge in [0.1, 0.15) is 5.82 Å². The predicted molar refractivity (Wildman–Crippen MR) is 123 cm³/mol. The van der Waals surface area contributed by atoms with Crippen molar-refractivity contribution < 1.29 is 4.79 Å². The van der Waals surface area contributed by atoms with Crippen LogP contribution in [0.25, 0.3) is 32.6 Å². The van der Waals surface area contributed by atoms with Gasteiger partial charge in [-0.3, -0.25) is 4.79 Å². The molecule has 4 aromatic heterocycles. The number of hydrogen-bond donors (Lipinski definition) is 1. The molecular formula is C23H22N6OS. The van der Waals surface area contributed by atoms with Crippen LogP contribution in [0, 0.1) is 0 Å². The summed E-state index contributed by atoms with van der Waals surface area (Å²) in [4.78, 5) is 28.9. The number of imidazole rings is 1. The fourth-order valence-corrected chi connectivity index (χ4v) is 4.39. The third-order valence-corrected chi connectivity index (χ3v) is 6.12. The molecule has 0 radical (unpaired) electrons. The van der Waals surface area contributed by atoms with Gasteiger partial charge in [0.05, 0.1) is 45.3 Å². The second-order valence-corrected chi connectivity index (χ2v) is 8.76. The Morgan fingerprint density at radius 1 is 1.19 bits per heavy atom. The number of para-hydroxylation sites is 2. The highest BCUT2D eigenvalue weighted by Crippen LogP contribution is 2.29. The molecule has 31 heavy (non-hydrogen) atoms. The van der Waals surface area contributed by atoms with Gasteiger partial charge in [-0.1, -0.05) is 18.2 Å². The third-order valence-electron chi connectivity index (χ3n) is 5.23. The van der Waals surface area contributed by atoms with E-state index in [1.165, 1.54) is 0 Å². The number of carbonyl (C=O) groups excluding carboxylic acids is 1. The Morgan fingerprint density at radius 3 is 2.77 bits per heavy atom. The molecule has 1 amide bonds. The van der Waals surface area contributed by atoms with E-state index >= 15 is 0 Å². The first-order chi connectivity index (χ1) is 15.0. The van der Waals surface area contributed by atoms with Crippen LogP contribution in [0.1, 0.15) is 36.1 Å². The molecule has 8 heteroatoms. The first kappa shape index (κ1) is 19.4. The Bertz CT molecular complexity index is 1350. The number of H-pyrrole nitrogens is 1. The summed E-state index contributed by atoms with van der Waals surface area (Å²) in [7, 11) is 1.79. The number of aromatic amines is 1. The summed E-state index contributed by atoms with van der Waals surface area (Å²) >= 11 is 1.60. The van der Waals surface area contributed by atoms with Crippen LogP contribution in [0.4, 0.5) is 0 Å². The molecule has 7 nitrogen and oxygen atoms in total. The summed E-state index contributed by atoms with van der Waals surface area (Å²) in [5, 5.41) is 7.27. The minimum absolute atomic E-state index is 0.0889. The monoisotopic (exact) mass is 430 g/mol. The number of rotatable bonds is 5. The van der Waals surface area contributed by atoms with Crippen LogP contribution in [0.5, 0.6) is 0 Å². The average Bonchev–Trinajstić information content (AvgIpc) is 3.50.